The second-order valence-electron chi connectivity index (χ2n) is 7.98. The monoisotopic (exact) mass is 371 g/mol. The van der Waals surface area contributed by atoms with Gasteiger partial charge in [0.1, 0.15) is 5.25 Å². The molecule has 1 N–H and O–H groups in total. The minimum Gasteiger partial charge on any atom is -0.325 e. The van der Waals surface area contributed by atoms with Crippen LogP contribution in [0, 0.1) is 13.8 Å². The number of carbonyl (C=O) groups excluding carboxylic acids is 1. The van der Waals surface area contributed by atoms with Crippen molar-refractivity contribution in [1.82, 2.24) is 0 Å². The van der Waals surface area contributed by atoms with E-state index < -0.39 is 16.0 Å². The zero-order valence-electron chi connectivity index (χ0n) is 16.6. The Kier molecular flexibility index (Phi) is 6.40. The molecule has 140 valence electrons. The Balaban J connectivity index is 2.01. The van der Waals surface area contributed by atoms with E-state index in [4.69, 9.17) is 0 Å². The van der Waals surface area contributed by atoms with Crippen LogP contribution in [0.3, 0.4) is 0 Å². The van der Waals surface area contributed by atoms with Crippen LogP contribution in [-0.4, -0.2) is 15.4 Å². The number of amides is 1. The SMILES string of the molecule is Cc1cc(C)cc(CS(=O)C(C)C(=O)Nc2ccc(C(C)(C)C)cc2)c1. The number of carbonyl (C=O) groups is 1. The third-order valence-electron chi connectivity index (χ3n) is 4.37. The van der Waals surface area contributed by atoms with E-state index in [1.54, 1.807) is 6.92 Å². The van der Waals surface area contributed by atoms with E-state index in [2.05, 4.69) is 32.2 Å². The summed E-state index contributed by atoms with van der Waals surface area (Å²) >= 11 is 0. The van der Waals surface area contributed by atoms with E-state index in [0.717, 1.165) is 22.4 Å². The highest BCUT2D eigenvalue weighted by Crippen LogP contribution is 2.23. The van der Waals surface area contributed by atoms with Gasteiger partial charge < -0.3 is 5.32 Å². The molecule has 0 aliphatic heterocycles. The van der Waals surface area contributed by atoms with Crippen LogP contribution in [-0.2, 0) is 26.8 Å². The molecule has 0 aliphatic carbocycles. The number of benzene rings is 2. The summed E-state index contributed by atoms with van der Waals surface area (Å²) in [6, 6.07) is 14.0. The van der Waals surface area contributed by atoms with Gasteiger partial charge >= 0.3 is 0 Å². The molecule has 0 aromatic heterocycles. The molecule has 26 heavy (non-hydrogen) atoms. The lowest BCUT2D eigenvalue weighted by atomic mass is 9.87. The van der Waals surface area contributed by atoms with Crippen molar-refractivity contribution in [2.24, 2.45) is 0 Å². The Morgan fingerprint density at radius 2 is 1.58 bits per heavy atom. The Hall–Kier alpha value is -1.94. The molecule has 0 saturated carbocycles. The fourth-order valence-corrected chi connectivity index (χ4v) is 3.90. The largest absolute Gasteiger partial charge is 0.325 e. The topological polar surface area (TPSA) is 46.2 Å². The molecule has 0 fully saturated rings. The van der Waals surface area contributed by atoms with Gasteiger partial charge in [-0.3, -0.25) is 9.00 Å². The molecule has 0 heterocycles. The van der Waals surface area contributed by atoms with Crippen LogP contribution >= 0.6 is 0 Å². The van der Waals surface area contributed by atoms with Gasteiger partial charge in [-0.05, 0) is 49.4 Å². The molecular formula is C22H29NO2S. The standard InChI is InChI=1S/C22H29NO2S/c1-15-11-16(2)13-18(12-15)14-26(25)17(3)21(24)23-20-9-7-19(8-10-20)22(4,5)6/h7-13,17H,14H2,1-6H3,(H,23,24). The number of hydrogen-bond donors (Lipinski definition) is 1. The van der Waals surface area contributed by atoms with Crippen molar-refractivity contribution in [3.8, 4) is 0 Å². The van der Waals surface area contributed by atoms with Crippen LogP contribution in [0.1, 0.15) is 49.9 Å². The molecule has 3 nitrogen and oxygen atoms in total. The van der Waals surface area contributed by atoms with Gasteiger partial charge in [0, 0.05) is 22.2 Å². The molecule has 0 radical (unpaired) electrons. The number of rotatable bonds is 5. The van der Waals surface area contributed by atoms with Crippen molar-refractivity contribution in [1.29, 1.82) is 0 Å². The molecule has 2 atom stereocenters. The first kappa shape index (κ1) is 20.4. The van der Waals surface area contributed by atoms with Gasteiger partial charge in [-0.25, -0.2) is 0 Å². The van der Waals surface area contributed by atoms with Crippen molar-refractivity contribution < 1.29 is 9.00 Å². The highest BCUT2D eigenvalue weighted by Gasteiger charge is 2.21. The van der Waals surface area contributed by atoms with Gasteiger partial charge in [-0.2, -0.15) is 0 Å². The van der Waals surface area contributed by atoms with E-state index in [0.29, 0.717) is 5.75 Å². The molecule has 0 aliphatic rings. The summed E-state index contributed by atoms with van der Waals surface area (Å²) in [6.45, 7) is 12.2. The smallest absolute Gasteiger partial charge is 0.239 e. The lowest BCUT2D eigenvalue weighted by Crippen LogP contribution is -2.29. The molecule has 2 rings (SSSR count). The van der Waals surface area contributed by atoms with Crippen molar-refractivity contribution >= 4 is 22.4 Å². The summed E-state index contributed by atoms with van der Waals surface area (Å²) in [6.07, 6.45) is 0. The zero-order valence-corrected chi connectivity index (χ0v) is 17.4. The predicted octanol–water partition coefficient (Wildman–Crippen LogP) is 4.88. The van der Waals surface area contributed by atoms with Crippen LogP contribution in [0.5, 0.6) is 0 Å². The average molecular weight is 372 g/mol. The average Bonchev–Trinajstić information content (AvgIpc) is 2.52. The van der Waals surface area contributed by atoms with Gasteiger partial charge in [0.25, 0.3) is 0 Å². The van der Waals surface area contributed by atoms with E-state index >= 15 is 0 Å². The highest BCUT2D eigenvalue weighted by molar-refractivity contribution is 7.85. The quantitative estimate of drug-likeness (QED) is 0.814. The predicted molar refractivity (Wildman–Crippen MR) is 111 cm³/mol. The summed E-state index contributed by atoms with van der Waals surface area (Å²) < 4.78 is 12.6. The first-order valence-corrected chi connectivity index (χ1v) is 10.3. The van der Waals surface area contributed by atoms with E-state index in [-0.39, 0.29) is 11.3 Å². The van der Waals surface area contributed by atoms with Gasteiger partial charge in [0.2, 0.25) is 5.91 Å². The number of nitrogens with one attached hydrogen (secondary N) is 1. The van der Waals surface area contributed by atoms with Crippen molar-refractivity contribution in [3.05, 3.63) is 64.7 Å². The number of hydrogen-bond acceptors (Lipinski definition) is 2. The van der Waals surface area contributed by atoms with E-state index in [1.165, 1.54) is 5.56 Å². The maximum Gasteiger partial charge on any atom is 0.239 e. The maximum atomic E-state index is 12.6. The first-order chi connectivity index (χ1) is 12.1. The highest BCUT2D eigenvalue weighted by atomic mass is 32.2. The van der Waals surface area contributed by atoms with Crippen LogP contribution in [0.15, 0.2) is 42.5 Å². The molecule has 2 unspecified atom stereocenters. The summed E-state index contributed by atoms with van der Waals surface area (Å²) in [5, 5.41) is 2.31. The molecule has 0 saturated heterocycles. The van der Waals surface area contributed by atoms with Crippen molar-refractivity contribution in [2.45, 2.75) is 58.0 Å². The Bertz CT molecular complexity index is 784. The molecule has 0 spiro atoms. The summed E-state index contributed by atoms with van der Waals surface area (Å²) in [4.78, 5) is 12.5. The van der Waals surface area contributed by atoms with Crippen LogP contribution in [0.4, 0.5) is 5.69 Å². The van der Waals surface area contributed by atoms with E-state index in [9.17, 15) is 9.00 Å². The van der Waals surface area contributed by atoms with E-state index in [1.807, 2.05) is 50.2 Å². The number of anilines is 1. The molecule has 1 amide bonds. The molecule has 2 aromatic rings. The summed E-state index contributed by atoms with van der Waals surface area (Å²) in [7, 11) is -1.27. The van der Waals surface area contributed by atoms with Crippen LogP contribution in [0.2, 0.25) is 0 Å². The normalized spacial score (nSPS) is 13.9. The second kappa shape index (κ2) is 8.17. The van der Waals surface area contributed by atoms with Crippen molar-refractivity contribution in [3.63, 3.8) is 0 Å². The lowest BCUT2D eigenvalue weighted by Gasteiger charge is -2.19. The summed E-state index contributed by atoms with van der Waals surface area (Å²) in [5.74, 6) is 0.177. The van der Waals surface area contributed by atoms with Gasteiger partial charge in [0.15, 0.2) is 0 Å². The number of aryl methyl sites for hydroxylation is 2. The lowest BCUT2D eigenvalue weighted by molar-refractivity contribution is -0.115. The third kappa shape index (κ3) is 5.53. The fraction of sp³-hybridized carbons (Fsp3) is 0.409. The molecule has 0 bridgehead atoms. The maximum absolute atomic E-state index is 12.6. The van der Waals surface area contributed by atoms with Crippen LogP contribution < -0.4 is 5.32 Å². The Morgan fingerprint density at radius 3 is 2.08 bits per heavy atom. The fourth-order valence-electron chi connectivity index (χ4n) is 2.86. The zero-order chi connectivity index (χ0) is 19.5. The first-order valence-electron chi connectivity index (χ1n) is 8.92. The summed E-state index contributed by atoms with van der Waals surface area (Å²) in [5.41, 5.74) is 5.32. The van der Waals surface area contributed by atoms with Gasteiger partial charge in [-0.15, -0.1) is 0 Å². The molecular weight excluding hydrogens is 342 g/mol. The Morgan fingerprint density at radius 1 is 1.04 bits per heavy atom. The third-order valence-corrected chi connectivity index (χ3v) is 5.99. The van der Waals surface area contributed by atoms with Gasteiger partial charge in [-0.1, -0.05) is 62.2 Å². The minimum absolute atomic E-state index is 0.0727. The molecule has 4 heteroatoms. The molecule has 2 aromatic carbocycles. The van der Waals surface area contributed by atoms with Crippen molar-refractivity contribution in [2.75, 3.05) is 5.32 Å². The second-order valence-corrected chi connectivity index (χ2v) is 9.74. The minimum atomic E-state index is -1.27. The van der Waals surface area contributed by atoms with Gasteiger partial charge in [0.05, 0.1) is 0 Å². The Labute approximate surface area is 159 Å². The van der Waals surface area contributed by atoms with Crippen LogP contribution in [0.25, 0.3) is 0 Å².